The smallest absolute Gasteiger partial charge is 0.399 e. The quantitative estimate of drug-likeness (QED) is 0.0938. The molecule has 566 valence electrons. The van der Waals surface area contributed by atoms with Gasteiger partial charge in [0.1, 0.15) is 11.3 Å². The molecular formula is C110H74BBrN6O2. The predicted molar refractivity (Wildman–Crippen MR) is 508 cm³/mol. The monoisotopic (exact) mass is 1600 g/mol. The zero-order valence-electron chi connectivity index (χ0n) is 66.3. The van der Waals surface area contributed by atoms with Crippen LogP contribution < -0.4 is 5.46 Å². The molecule has 0 radical (unpaired) electrons. The van der Waals surface area contributed by atoms with E-state index in [4.69, 9.17) is 29.2 Å². The Kier molecular flexibility index (Phi) is 16.6. The van der Waals surface area contributed by atoms with Crippen LogP contribution in [0.15, 0.2) is 381 Å². The van der Waals surface area contributed by atoms with E-state index in [1.807, 2.05) is 30.6 Å². The standard InChI is InChI=1S/C52H31N3.C34H21Br.C24H22BN3O2/c1-3-12-34-28-38(21-19-32(34)10-1)49-40-14-5-6-15-41(40)50(39-22-20-33-11-2-4-13-35(33)29-39)44-30-36(23-25-42(44)49)37-24-26-47-45(31-37)51-43(16-9-27-53-51)52-54-46-17-7-8-18-48(46)55(47)52;35-28-17-18-31-32(21-28)34(27-16-14-23-8-2-4-10-25(23)20-27)30-12-6-5-11-29(30)33(31)26-15-13-22-7-1-3-9-24(22)19-26;1-23(2)24(3,4)30-25(29-23)15-11-12-19-17(14-15)21-16(8-7-13-26-21)22-27-18-9-5-6-10-20(18)28(19)22/h1-31H;1-21H;5-14H,1-4H3. The third kappa shape index (κ3) is 11.6. The van der Waals surface area contributed by atoms with E-state index in [9.17, 15) is 0 Å². The molecule has 6 aromatic heterocycles. The lowest BCUT2D eigenvalue weighted by Crippen LogP contribution is -2.41. The third-order valence-electron chi connectivity index (χ3n) is 25.2. The summed E-state index contributed by atoms with van der Waals surface area (Å²) in [5.41, 5.74) is 22.6. The van der Waals surface area contributed by atoms with E-state index in [-0.39, 0.29) is 11.2 Å². The van der Waals surface area contributed by atoms with Crippen molar-refractivity contribution < 1.29 is 9.31 Å². The average molecular weight is 1600 g/mol. The van der Waals surface area contributed by atoms with Crippen LogP contribution in [0, 0.1) is 0 Å². The van der Waals surface area contributed by atoms with Gasteiger partial charge in [0.2, 0.25) is 0 Å². The number of hydrogen-bond donors (Lipinski definition) is 0. The van der Waals surface area contributed by atoms with Gasteiger partial charge in [0.05, 0.1) is 55.3 Å². The van der Waals surface area contributed by atoms with Crippen LogP contribution in [0.1, 0.15) is 27.7 Å². The van der Waals surface area contributed by atoms with Gasteiger partial charge in [0.15, 0.2) is 0 Å². The van der Waals surface area contributed by atoms with Crippen molar-refractivity contribution in [3.63, 3.8) is 0 Å². The molecule has 1 aliphatic rings. The lowest BCUT2D eigenvalue weighted by atomic mass is 9.78. The molecule has 1 saturated heterocycles. The van der Waals surface area contributed by atoms with Crippen molar-refractivity contribution >= 4 is 192 Å². The minimum absolute atomic E-state index is 0.378. The summed E-state index contributed by atoms with van der Waals surface area (Å²) >= 11 is 3.76. The van der Waals surface area contributed by atoms with Gasteiger partial charge in [0.25, 0.3) is 0 Å². The largest absolute Gasteiger partial charge is 0.494 e. The van der Waals surface area contributed by atoms with Crippen LogP contribution in [0.2, 0.25) is 0 Å². The summed E-state index contributed by atoms with van der Waals surface area (Å²) in [6.45, 7) is 8.30. The van der Waals surface area contributed by atoms with E-state index in [1.165, 1.54) is 131 Å². The van der Waals surface area contributed by atoms with E-state index in [0.717, 1.165) is 98.0 Å². The second-order valence-electron chi connectivity index (χ2n) is 32.7. The highest BCUT2D eigenvalue weighted by atomic mass is 79.9. The van der Waals surface area contributed by atoms with E-state index >= 15 is 0 Å². The molecule has 1 aliphatic heterocycles. The van der Waals surface area contributed by atoms with Gasteiger partial charge >= 0.3 is 7.12 Å². The Bertz CT molecular complexity index is 8420. The predicted octanol–water partition coefficient (Wildman–Crippen LogP) is 28.7. The lowest BCUT2D eigenvalue weighted by molar-refractivity contribution is 0.00578. The molecule has 0 aliphatic carbocycles. The summed E-state index contributed by atoms with van der Waals surface area (Å²) in [5.74, 6) is 0. The average Bonchev–Trinajstić information content (AvgIpc) is 0.975. The Labute approximate surface area is 700 Å². The molecule has 0 spiro atoms. The fourth-order valence-corrected chi connectivity index (χ4v) is 19.2. The first-order valence-electron chi connectivity index (χ1n) is 41.0. The highest BCUT2D eigenvalue weighted by molar-refractivity contribution is 9.10. The molecule has 0 atom stereocenters. The van der Waals surface area contributed by atoms with Crippen molar-refractivity contribution in [3.8, 4) is 55.6 Å². The van der Waals surface area contributed by atoms with Crippen molar-refractivity contribution in [3.05, 3.63) is 381 Å². The van der Waals surface area contributed by atoms with E-state index in [1.54, 1.807) is 0 Å². The number of nitrogens with zero attached hydrogens (tertiary/aromatic N) is 6. The summed E-state index contributed by atoms with van der Waals surface area (Å²) in [4.78, 5) is 19.6. The maximum atomic E-state index is 6.29. The van der Waals surface area contributed by atoms with Crippen LogP contribution in [-0.4, -0.2) is 47.1 Å². The molecule has 7 heterocycles. The van der Waals surface area contributed by atoms with Crippen LogP contribution >= 0.6 is 15.9 Å². The molecule has 25 rings (SSSR count). The van der Waals surface area contributed by atoms with Crippen molar-refractivity contribution in [1.82, 2.24) is 28.7 Å². The fraction of sp³-hybridized carbons (Fsp3) is 0.0545. The van der Waals surface area contributed by atoms with Crippen LogP contribution in [0.5, 0.6) is 0 Å². The Morgan fingerprint density at radius 2 is 0.583 bits per heavy atom. The maximum Gasteiger partial charge on any atom is 0.494 e. The molecular weight excluding hydrogens is 1530 g/mol. The summed E-state index contributed by atoms with van der Waals surface area (Å²) < 4.78 is 18.2. The Balaban J connectivity index is 0.000000112. The number of benzene rings is 18. The first kappa shape index (κ1) is 71.1. The molecule has 24 aromatic rings. The zero-order valence-corrected chi connectivity index (χ0v) is 67.8. The number of fused-ring (bicyclic) bond motifs is 24. The second-order valence-corrected chi connectivity index (χ2v) is 33.6. The van der Waals surface area contributed by atoms with Crippen molar-refractivity contribution in [2.45, 2.75) is 38.9 Å². The molecule has 0 saturated carbocycles. The number of halogens is 1. The van der Waals surface area contributed by atoms with E-state index in [2.05, 4.69) is 398 Å². The number of aromatic nitrogens is 6. The molecule has 0 bridgehead atoms. The highest BCUT2D eigenvalue weighted by Gasteiger charge is 2.52. The Morgan fingerprint density at radius 3 is 1.02 bits per heavy atom. The van der Waals surface area contributed by atoms with Gasteiger partial charge in [-0.15, -0.1) is 0 Å². The second kappa shape index (κ2) is 28.0. The molecule has 120 heavy (non-hydrogen) atoms. The molecule has 0 unspecified atom stereocenters. The minimum atomic E-state index is -0.409. The lowest BCUT2D eigenvalue weighted by Gasteiger charge is -2.32. The third-order valence-corrected chi connectivity index (χ3v) is 25.7. The minimum Gasteiger partial charge on any atom is -0.399 e. The van der Waals surface area contributed by atoms with Crippen LogP contribution in [-0.2, 0) is 9.31 Å². The molecule has 0 N–H and O–H groups in total. The number of pyridine rings is 4. The molecule has 18 aromatic carbocycles. The number of rotatable bonds is 6. The molecule has 0 amide bonds. The van der Waals surface area contributed by atoms with Crippen molar-refractivity contribution in [2.24, 2.45) is 0 Å². The SMILES string of the molecule is Brc1ccc2c(-c3ccc4ccccc4c3)c3ccccc3c(-c3ccc4ccccc4c3)c2c1.CC1(C)OB(c2ccc3c(c2)c2ncccc2c2nc4ccccc4n32)OC1(C)C.c1ccc2cc(-c3c4ccccc4c(-c4ccc5ccccc5c4)c4cc(-c5ccc6c(c5)c5ncccc5c5nc7ccccc7n65)ccc34)ccc2c1. The Hall–Kier alpha value is -14.3. The van der Waals surface area contributed by atoms with Crippen LogP contribution in [0.4, 0.5) is 0 Å². The highest BCUT2D eigenvalue weighted by Crippen LogP contribution is 2.49. The van der Waals surface area contributed by atoms with Gasteiger partial charge in [-0.2, -0.15) is 0 Å². The van der Waals surface area contributed by atoms with Crippen molar-refractivity contribution in [2.75, 3.05) is 0 Å². The normalized spacial score (nSPS) is 13.4. The first-order valence-corrected chi connectivity index (χ1v) is 41.8. The zero-order chi connectivity index (χ0) is 80.1. The van der Waals surface area contributed by atoms with Gasteiger partial charge in [-0.05, 0) is 284 Å². The topological polar surface area (TPSA) is 78.8 Å². The number of para-hydroxylation sites is 4. The molecule has 8 nitrogen and oxygen atoms in total. The van der Waals surface area contributed by atoms with Crippen LogP contribution in [0.25, 0.3) is 219 Å². The van der Waals surface area contributed by atoms with Crippen LogP contribution in [0.3, 0.4) is 0 Å². The van der Waals surface area contributed by atoms with E-state index in [0.29, 0.717) is 0 Å². The summed E-state index contributed by atoms with van der Waals surface area (Å²) in [6, 6.07) is 131. The van der Waals surface area contributed by atoms with Gasteiger partial charge in [0, 0.05) is 38.4 Å². The summed E-state index contributed by atoms with van der Waals surface area (Å²) in [7, 11) is -0.409. The Morgan fingerprint density at radius 1 is 0.258 bits per heavy atom. The van der Waals surface area contributed by atoms with Gasteiger partial charge < -0.3 is 9.31 Å². The molecule has 1 fully saturated rings. The number of imidazole rings is 2. The van der Waals surface area contributed by atoms with Crippen molar-refractivity contribution in [1.29, 1.82) is 0 Å². The van der Waals surface area contributed by atoms with Gasteiger partial charge in [-0.25, -0.2) is 9.97 Å². The summed E-state index contributed by atoms with van der Waals surface area (Å²) in [5, 5.41) is 24.3. The maximum absolute atomic E-state index is 6.29. The summed E-state index contributed by atoms with van der Waals surface area (Å²) in [6.07, 6.45) is 3.72. The van der Waals surface area contributed by atoms with E-state index < -0.39 is 7.12 Å². The molecule has 10 heteroatoms. The first-order chi connectivity index (χ1) is 58.9. The van der Waals surface area contributed by atoms with Gasteiger partial charge in [-0.3, -0.25) is 18.8 Å². The fourth-order valence-electron chi connectivity index (χ4n) is 18.8. The van der Waals surface area contributed by atoms with Gasteiger partial charge in [-0.1, -0.05) is 271 Å². The number of hydrogen-bond acceptors (Lipinski definition) is 6.